The number of hydrogen-bond donors (Lipinski definition) is 2. The number of nitrogens with one attached hydrogen (secondary N) is 1. The fourth-order valence-electron chi connectivity index (χ4n) is 1.05. The number of carbonyl (C=O) groups is 2. The molecule has 7 nitrogen and oxygen atoms in total. The maximum absolute atomic E-state index is 11.8. The first-order valence-electron chi connectivity index (χ1n) is 4.79. The number of halogens is 3. The standard InChI is InChI=1S/C8H9F3N4O3/c9-8(10,11)7(18)12-2-1-3-15-4-5(6(16)17)13-14-15/h4H,1-3H2,(H,12,18)(H,16,17). The molecule has 1 rings (SSSR count). The molecule has 18 heavy (non-hydrogen) atoms. The molecule has 0 saturated carbocycles. The van der Waals surface area contributed by atoms with Crippen molar-refractivity contribution in [2.75, 3.05) is 6.54 Å². The van der Waals surface area contributed by atoms with E-state index in [1.165, 1.54) is 4.68 Å². The molecule has 0 aliphatic heterocycles. The minimum atomic E-state index is -4.90. The van der Waals surface area contributed by atoms with Gasteiger partial charge in [-0.3, -0.25) is 9.48 Å². The maximum Gasteiger partial charge on any atom is 0.471 e. The van der Waals surface area contributed by atoms with Crippen molar-refractivity contribution in [2.24, 2.45) is 0 Å². The zero-order valence-corrected chi connectivity index (χ0v) is 8.94. The van der Waals surface area contributed by atoms with E-state index in [9.17, 15) is 22.8 Å². The molecular formula is C8H9F3N4O3. The Kier molecular flexibility index (Phi) is 4.23. The van der Waals surface area contributed by atoms with Gasteiger partial charge in [0.25, 0.3) is 0 Å². The van der Waals surface area contributed by atoms with Gasteiger partial charge in [-0.2, -0.15) is 13.2 Å². The molecular weight excluding hydrogens is 257 g/mol. The van der Waals surface area contributed by atoms with Crippen LogP contribution in [0.25, 0.3) is 0 Å². The summed E-state index contributed by atoms with van der Waals surface area (Å²) in [5.74, 6) is -3.25. The highest BCUT2D eigenvalue weighted by Gasteiger charge is 2.38. The fourth-order valence-corrected chi connectivity index (χ4v) is 1.05. The van der Waals surface area contributed by atoms with E-state index in [0.29, 0.717) is 0 Å². The molecule has 0 aliphatic rings. The molecule has 0 fully saturated rings. The second-order valence-corrected chi connectivity index (χ2v) is 3.28. The van der Waals surface area contributed by atoms with Crippen molar-refractivity contribution in [2.45, 2.75) is 19.1 Å². The Morgan fingerprint density at radius 2 is 2.11 bits per heavy atom. The lowest BCUT2D eigenvalue weighted by Crippen LogP contribution is -2.37. The number of aromatic nitrogens is 3. The summed E-state index contributed by atoms with van der Waals surface area (Å²) in [5, 5.41) is 17.0. The molecule has 10 heteroatoms. The van der Waals surface area contributed by atoms with Crippen LogP contribution < -0.4 is 5.32 Å². The van der Waals surface area contributed by atoms with E-state index in [1.807, 2.05) is 0 Å². The van der Waals surface area contributed by atoms with Gasteiger partial charge in [0.15, 0.2) is 5.69 Å². The monoisotopic (exact) mass is 266 g/mol. The lowest BCUT2D eigenvalue weighted by atomic mass is 10.4. The summed E-state index contributed by atoms with van der Waals surface area (Å²) >= 11 is 0. The summed E-state index contributed by atoms with van der Waals surface area (Å²) in [4.78, 5) is 20.9. The van der Waals surface area contributed by atoms with Gasteiger partial charge in [-0.1, -0.05) is 5.21 Å². The van der Waals surface area contributed by atoms with E-state index in [0.717, 1.165) is 6.20 Å². The highest BCUT2D eigenvalue weighted by atomic mass is 19.4. The molecule has 0 spiro atoms. The summed E-state index contributed by atoms with van der Waals surface area (Å²) in [6.45, 7) is -0.0426. The summed E-state index contributed by atoms with van der Waals surface area (Å²) < 4.78 is 36.5. The minimum absolute atomic E-state index is 0.151. The molecule has 0 bridgehead atoms. The number of carboxylic acids is 1. The molecule has 0 aliphatic carbocycles. The lowest BCUT2D eigenvalue weighted by Gasteiger charge is -2.07. The van der Waals surface area contributed by atoms with E-state index in [2.05, 4.69) is 10.3 Å². The first-order chi connectivity index (χ1) is 8.30. The number of aryl methyl sites for hydroxylation is 1. The van der Waals surface area contributed by atoms with E-state index in [4.69, 9.17) is 5.11 Å². The Labute approximate surface area is 98.6 Å². The topological polar surface area (TPSA) is 97.1 Å². The van der Waals surface area contributed by atoms with Crippen LogP contribution in [0.1, 0.15) is 16.9 Å². The number of carboxylic acid groups (broad SMARTS) is 1. The van der Waals surface area contributed by atoms with Crippen LogP contribution in [0.15, 0.2) is 6.20 Å². The van der Waals surface area contributed by atoms with E-state index >= 15 is 0 Å². The van der Waals surface area contributed by atoms with Crippen molar-refractivity contribution in [3.05, 3.63) is 11.9 Å². The quantitative estimate of drug-likeness (QED) is 0.734. The van der Waals surface area contributed by atoms with Gasteiger partial charge < -0.3 is 10.4 Å². The summed E-state index contributed by atoms with van der Waals surface area (Å²) in [6, 6.07) is 0. The third-order valence-corrected chi connectivity index (χ3v) is 1.86. The predicted octanol–water partition coefficient (Wildman–Crippen LogP) is 0.0449. The van der Waals surface area contributed by atoms with Gasteiger partial charge in [0.05, 0.1) is 6.20 Å². The first-order valence-corrected chi connectivity index (χ1v) is 4.79. The molecule has 100 valence electrons. The third kappa shape index (κ3) is 4.03. The molecule has 0 unspecified atom stereocenters. The summed E-state index contributed by atoms with van der Waals surface area (Å²) in [5.41, 5.74) is -0.255. The molecule has 2 N–H and O–H groups in total. The van der Waals surface area contributed by atoms with Gasteiger partial charge in [0, 0.05) is 13.1 Å². The number of aromatic carboxylic acids is 1. The Morgan fingerprint density at radius 3 is 2.61 bits per heavy atom. The SMILES string of the molecule is O=C(O)c1cn(CCCNC(=O)C(F)(F)F)nn1. The lowest BCUT2D eigenvalue weighted by molar-refractivity contribution is -0.173. The van der Waals surface area contributed by atoms with Gasteiger partial charge in [-0.05, 0) is 6.42 Å². The zero-order valence-electron chi connectivity index (χ0n) is 8.94. The van der Waals surface area contributed by atoms with Gasteiger partial charge >= 0.3 is 18.1 Å². The van der Waals surface area contributed by atoms with Gasteiger partial charge in [-0.15, -0.1) is 5.10 Å². The summed E-state index contributed by atoms with van der Waals surface area (Å²) in [7, 11) is 0. The molecule has 1 amide bonds. The number of nitrogens with zero attached hydrogens (tertiary/aromatic N) is 3. The average molecular weight is 266 g/mol. The van der Waals surface area contributed by atoms with Crippen molar-refractivity contribution in [3.63, 3.8) is 0 Å². The van der Waals surface area contributed by atoms with Crippen LogP contribution in [0.4, 0.5) is 13.2 Å². The fraction of sp³-hybridized carbons (Fsp3) is 0.500. The molecule has 1 heterocycles. The van der Waals surface area contributed by atoms with Crippen molar-refractivity contribution in [3.8, 4) is 0 Å². The Bertz CT molecular complexity index is 443. The van der Waals surface area contributed by atoms with Crippen molar-refractivity contribution < 1.29 is 27.9 Å². The Morgan fingerprint density at radius 1 is 1.44 bits per heavy atom. The maximum atomic E-state index is 11.8. The van der Waals surface area contributed by atoms with Gasteiger partial charge in [-0.25, -0.2) is 4.79 Å². The first kappa shape index (κ1) is 13.9. The highest BCUT2D eigenvalue weighted by Crippen LogP contribution is 2.13. The van der Waals surface area contributed by atoms with E-state index in [-0.39, 0.29) is 25.2 Å². The second kappa shape index (κ2) is 5.47. The second-order valence-electron chi connectivity index (χ2n) is 3.28. The molecule has 0 aromatic carbocycles. The highest BCUT2D eigenvalue weighted by molar-refractivity contribution is 5.84. The Hall–Kier alpha value is -2.13. The van der Waals surface area contributed by atoms with Gasteiger partial charge in [0.2, 0.25) is 0 Å². The predicted molar refractivity (Wildman–Crippen MR) is 50.7 cm³/mol. The molecule has 0 atom stereocenters. The van der Waals surface area contributed by atoms with Crippen LogP contribution in [0.3, 0.4) is 0 Å². The van der Waals surface area contributed by atoms with Crippen molar-refractivity contribution in [1.82, 2.24) is 20.3 Å². The van der Waals surface area contributed by atoms with Crippen LogP contribution in [-0.2, 0) is 11.3 Å². The van der Waals surface area contributed by atoms with Crippen LogP contribution in [0.5, 0.6) is 0 Å². The van der Waals surface area contributed by atoms with Crippen molar-refractivity contribution in [1.29, 1.82) is 0 Å². The number of amides is 1. The van der Waals surface area contributed by atoms with Crippen LogP contribution in [0, 0.1) is 0 Å². The van der Waals surface area contributed by atoms with E-state index in [1.54, 1.807) is 5.32 Å². The van der Waals surface area contributed by atoms with Crippen molar-refractivity contribution >= 4 is 11.9 Å². The molecule has 0 saturated heterocycles. The van der Waals surface area contributed by atoms with E-state index < -0.39 is 18.1 Å². The summed E-state index contributed by atoms with van der Waals surface area (Å²) in [6.07, 6.45) is -3.58. The largest absolute Gasteiger partial charge is 0.476 e. The van der Waals surface area contributed by atoms with Crippen LogP contribution >= 0.6 is 0 Å². The number of alkyl halides is 3. The Balaban J connectivity index is 2.30. The molecule has 1 aromatic heterocycles. The third-order valence-electron chi connectivity index (χ3n) is 1.86. The number of hydrogen-bond acceptors (Lipinski definition) is 4. The van der Waals surface area contributed by atoms with Crippen LogP contribution in [-0.4, -0.2) is 44.7 Å². The average Bonchev–Trinajstić information content (AvgIpc) is 2.71. The van der Waals surface area contributed by atoms with Crippen LogP contribution in [0.2, 0.25) is 0 Å². The number of carbonyl (C=O) groups excluding carboxylic acids is 1. The number of rotatable bonds is 5. The normalized spacial score (nSPS) is 11.3. The minimum Gasteiger partial charge on any atom is -0.476 e. The zero-order chi connectivity index (χ0) is 13.8. The smallest absolute Gasteiger partial charge is 0.471 e. The van der Waals surface area contributed by atoms with Gasteiger partial charge in [0.1, 0.15) is 0 Å². The molecule has 1 aromatic rings. The molecule has 0 radical (unpaired) electrons.